The zero-order chi connectivity index (χ0) is 13.2. The first-order valence-electron chi connectivity index (χ1n) is 6.28. The zero-order valence-corrected chi connectivity index (χ0v) is 11.6. The molecule has 0 radical (unpaired) electrons. The third kappa shape index (κ3) is 6.50. The summed E-state index contributed by atoms with van der Waals surface area (Å²) in [5.41, 5.74) is 0.452. The topological polar surface area (TPSA) is 37.3 Å². The average molecular weight is 264 g/mol. The number of carboxylic acid groups (broad SMARTS) is 1. The fourth-order valence-electron chi connectivity index (χ4n) is 1.54. The van der Waals surface area contributed by atoms with Gasteiger partial charge < -0.3 is 5.11 Å². The minimum absolute atomic E-state index is 0.452. The molecule has 0 fully saturated rings. The summed E-state index contributed by atoms with van der Waals surface area (Å²) in [6, 6.07) is 10.4. The first kappa shape index (κ1) is 14.8. The molecular weight excluding hydrogens is 244 g/mol. The molecule has 0 saturated carbocycles. The van der Waals surface area contributed by atoms with E-state index in [0.29, 0.717) is 5.57 Å². The van der Waals surface area contributed by atoms with Crippen LogP contribution in [0.2, 0.25) is 0 Å². The van der Waals surface area contributed by atoms with Gasteiger partial charge in [-0.25, -0.2) is 4.79 Å². The number of thioether (sulfide) groups is 1. The predicted octanol–water partition coefficient (Wildman–Crippen LogP) is 4.37. The Hall–Kier alpha value is -1.22. The van der Waals surface area contributed by atoms with Crippen molar-refractivity contribution in [3.63, 3.8) is 0 Å². The van der Waals surface area contributed by atoms with Gasteiger partial charge in [0.25, 0.3) is 0 Å². The Morgan fingerprint density at radius 1 is 1.22 bits per heavy atom. The third-order valence-electron chi connectivity index (χ3n) is 2.65. The van der Waals surface area contributed by atoms with Gasteiger partial charge in [-0.15, -0.1) is 11.8 Å². The molecular formula is C15H20O2S. The molecule has 98 valence electrons. The molecule has 1 rings (SSSR count). The van der Waals surface area contributed by atoms with Crippen molar-refractivity contribution in [3.8, 4) is 0 Å². The van der Waals surface area contributed by atoms with Crippen molar-refractivity contribution in [1.82, 2.24) is 0 Å². The van der Waals surface area contributed by atoms with Crippen LogP contribution in [0.3, 0.4) is 0 Å². The molecule has 1 N–H and O–H groups in total. The molecule has 0 heterocycles. The molecule has 18 heavy (non-hydrogen) atoms. The molecule has 0 unspecified atom stereocenters. The van der Waals surface area contributed by atoms with Crippen LogP contribution in [-0.2, 0) is 4.79 Å². The maximum atomic E-state index is 10.6. The fraction of sp³-hybridized carbons (Fsp3) is 0.400. The number of allylic oxidation sites excluding steroid dienone is 1. The minimum atomic E-state index is -0.811. The van der Waals surface area contributed by atoms with Gasteiger partial charge >= 0.3 is 5.97 Å². The molecule has 0 saturated heterocycles. The van der Waals surface area contributed by atoms with Crippen LogP contribution in [0, 0.1) is 0 Å². The lowest BCUT2D eigenvalue weighted by Gasteiger charge is -2.01. The molecule has 2 nitrogen and oxygen atoms in total. The van der Waals surface area contributed by atoms with E-state index in [2.05, 4.69) is 24.3 Å². The summed E-state index contributed by atoms with van der Waals surface area (Å²) in [6.07, 6.45) is 6.09. The molecule has 1 aromatic carbocycles. The van der Waals surface area contributed by atoms with Crippen LogP contribution in [0.15, 0.2) is 46.9 Å². The number of aliphatic carboxylic acids is 1. The predicted molar refractivity (Wildman–Crippen MR) is 77.0 cm³/mol. The lowest BCUT2D eigenvalue weighted by Crippen LogP contribution is -1.95. The van der Waals surface area contributed by atoms with Crippen LogP contribution in [0.5, 0.6) is 0 Å². The van der Waals surface area contributed by atoms with Crippen LogP contribution in [0.4, 0.5) is 0 Å². The highest BCUT2D eigenvalue weighted by atomic mass is 32.2. The smallest absolute Gasteiger partial charge is 0.330 e. The Morgan fingerprint density at radius 3 is 2.61 bits per heavy atom. The molecule has 0 amide bonds. The van der Waals surface area contributed by atoms with E-state index in [1.807, 2.05) is 23.9 Å². The van der Waals surface area contributed by atoms with Gasteiger partial charge in [-0.1, -0.05) is 30.7 Å². The summed E-state index contributed by atoms with van der Waals surface area (Å²) in [4.78, 5) is 11.9. The van der Waals surface area contributed by atoms with Gasteiger partial charge in [0, 0.05) is 10.5 Å². The third-order valence-corrected chi connectivity index (χ3v) is 3.75. The van der Waals surface area contributed by atoms with Crippen molar-refractivity contribution < 1.29 is 9.90 Å². The molecule has 1 aromatic rings. The van der Waals surface area contributed by atoms with Crippen LogP contribution in [0.25, 0.3) is 0 Å². The Morgan fingerprint density at radius 2 is 1.94 bits per heavy atom. The van der Waals surface area contributed by atoms with E-state index in [1.165, 1.54) is 11.3 Å². The summed E-state index contributed by atoms with van der Waals surface area (Å²) in [5, 5.41) is 8.68. The van der Waals surface area contributed by atoms with Gasteiger partial charge in [0.05, 0.1) is 0 Å². The second kappa shape index (κ2) is 8.81. The van der Waals surface area contributed by atoms with Gasteiger partial charge in [-0.2, -0.15) is 0 Å². The molecule has 0 aliphatic rings. The second-order valence-corrected chi connectivity index (χ2v) is 5.37. The van der Waals surface area contributed by atoms with E-state index in [4.69, 9.17) is 5.11 Å². The van der Waals surface area contributed by atoms with Gasteiger partial charge in [0.1, 0.15) is 0 Å². The molecule has 0 bridgehead atoms. The van der Waals surface area contributed by atoms with Crippen molar-refractivity contribution in [2.45, 2.75) is 37.5 Å². The quantitative estimate of drug-likeness (QED) is 0.430. The molecule has 0 aromatic heterocycles. The van der Waals surface area contributed by atoms with E-state index in [1.54, 1.807) is 6.92 Å². The molecule has 0 aliphatic heterocycles. The highest BCUT2D eigenvalue weighted by Gasteiger charge is 1.98. The summed E-state index contributed by atoms with van der Waals surface area (Å²) in [5.74, 6) is 0.320. The SMILES string of the molecule is CC(=CCCCCCSc1ccccc1)C(=O)O. The van der Waals surface area contributed by atoms with Crippen LogP contribution in [-0.4, -0.2) is 16.8 Å². The highest BCUT2D eigenvalue weighted by molar-refractivity contribution is 7.99. The van der Waals surface area contributed by atoms with Crippen molar-refractivity contribution in [2.75, 3.05) is 5.75 Å². The second-order valence-electron chi connectivity index (χ2n) is 4.20. The average Bonchev–Trinajstić information content (AvgIpc) is 2.38. The Kier molecular flexibility index (Phi) is 7.26. The van der Waals surface area contributed by atoms with Gasteiger partial charge in [0.2, 0.25) is 0 Å². The summed E-state index contributed by atoms with van der Waals surface area (Å²) >= 11 is 1.88. The monoisotopic (exact) mass is 264 g/mol. The fourth-order valence-corrected chi connectivity index (χ4v) is 2.47. The summed E-state index contributed by atoms with van der Waals surface area (Å²) in [7, 11) is 0. The van der Waals surface area contributed by atoms with Crippen molar-refractivity contribution in [1.29, 1.82) is 0 Å². The van der Waals surface area contributed by atoms with Crippen molar-refractivity contribution >= 4 is 17.7 Å². The number of unbranched alkanes of at least 4 members (excludes halogenated alkanes) is 3. The lowest BCUT2D eigenvalue weighted by atomic mass is 10.1. The van der Waals surface area contributed by atoms with E-state index in [9.17, 15) is 4.79 Å². The van der Waals surface area contributed by atoms with Gasteiger partial charge in [-0.05, 0) is 44.1 Å². The number of hydrogen-bond acceptors (Lipinski definition) is 2. The Bertz CT molecular complexity index is 385. The molecule has 0 aliphatic carbocycles. The van der Waals surface area contributed by atoms with Gasteiger partial charge in [-0.3, -0.25) is 0 Å². The maximum absolute atomic E-state index is 10.6. The number of benzene rings is 1. The highest BCUT2D eigenvalue weighted by Crippen LogP contribution is 2.19. The minimum Gasteiger partial charge on any atom is -0.478 e. The van der Waals surface area contributed by atoms with Crippen LogP contribution in [0.1, 0.15) is 32.6 Å². The van der Waals surface area contributed by atoms with E-state index < -0.39 is 5.97 Å². The summed E-state index contributed by atoms with van der Waals surface area (Å²) in [6.45, 7) is 1.65. The Labute approximate surface area is 113 Å². The normalized spacial score (nSPS) is 11.5. The van der Waals surface area contributed by atoms with Crippen LogP contribution >= 0.6 is 11.8 Å². The van der Waals surface area contributed by atoms with E-state index >= 15 is 0 Å². The standard InChI is InChI=1S/C15H20O2S/c1-13(15(16)17)9-5-2-3-8-12-18-14-10-6-4-7-11-14/h4,6-7,9-11H,2-3,5,8,12H2,1H3,(H,16,17). The van der Waals surface area contributed by atoms with E-state index in [0.717, 1.165) is 25.0 Å². The van der Waals surface area contributed by atoms with Crippen molar-refractivity contribution in [2.24, 2.45) is 0 Å². The number of hydrogen-bond donors (Lipinski definition) is 1. The molecule has 0 atom stereocenters. The molecule has 0 spiro atoms. The van der Waals surface area contributed by atoms with Gasteiger partial charge in [0.15, 0.2) is 0 Å². The first-order valence-corrected chi connectivity index (χ1v) is 7.26. The van der Waals surface area contributed by atoms with E-state index in [-0.39, 0.29) is 0 Å². The summed E-state index contributed by atoms with van der Waals surface area (Å²) < 4.78 is 0. The maximum Gasteiger partial charge on any atom is 0.330 e. The zero-order valence-electron chi connectivity index (χ0n) is 10.8. The Balaban J connectivity index is 2.03. The van der Waals surface area contributed by atoms with Crippen LogP contribution < -0.4 is 0 Å². The lowest BCUT2D eigenvalue weighted by molar-refractivity contribution is -0.132. The number of carbonyl (C=O) groups is 1. The first-order chi connectivity index (χ1) is 8.70. The molecule has 3 heteroatoms. The number of rotatable bonds is 8. The number of carboxylic acids is 1. The van der Waals surface area contributed by atoms with Crippen molar-refractivity contribution in [3.05, 3.63) is 42.0 Å². The largest absolute Gasteiger partial charge is 0.478 e.